The normalized spacial score (nSPS) is 22.9. The van der Waals surface area contributed by atoms with Crippen LogP contribution >= 0.6 is 0 Å². The number of nitrogens with one attached hydrogen (secondary N) is 2. The van der Waals surface area contributed by atoms with Crippen molar-refractivity contribution in [2.45, 2.75) is 31.9 Å². The van der Waals surface area contributed by atoms with Gasteiger partial charge in [-0.1, -0.05) is 12.1 Å². The van der Waals surface area contributed by atoms with Crippen LogP contribution in [0, 0.1) is 5.92 Å². The smallest absolute Gasteiger partial charge is 0.267 e. The lowest BCUT2D eigenvalue weighted by Gasteiger charge is -2.39. The largest absolute Gasteiger partial charge is 0.372 e. The maximum Gasteiger partial charge on any atom is 0.267 e. The Kier molecular flexibility index (Phi) is 4.54. The van der Waals surface area contributed by atoms with E-state index < -0.39 is 12.0 Å². The van der Waals surface area contributed by atoms with Gasteiger partial charge in [-0.25, -0.2) is 0 Å². The molecule has 0 aromatic heterocycles. The lowest BCUT2D eigenvalue weighted by Crippen LogP contribution is -2.55. The summed E-state index contributed by atoms with van der Waals surface area (Å²) < 4.78 is 4.84. The zero-order valence-electron chi connectivity index (χ0n) is 13.9. The predicted octanol–water partition coefficient (Wildman–Crippen LogP) is 0.244. The summed E-state index contributed by atoms with van der Waals surface area (Å²) in [4.78, 5) is 49.6. The van der Waals surface area contributed by atoms with E-state index in [1.54, 1.807) is 31.2 Å². The first-order valence-corrected chi connectivity index (χ1v) is 8.03. The molecule has 4 amide bonds. The van der Waals surface area contributed by atoms with E-state index in [2.05, 4.69) is 10.9 Å². The second-order valence-electron chi connectivity index (χ2n) is 6.20. The number of hydrogen-bond acceptors (Lipinski definition) is 5. The maximum atomic E-state index is 12.4. The van der Waals surface area contributed by atoms with Gasteiger partial charge >= 0.3 is 0 Å². The number of hydrogen-bond donors (Lipinski definition) is 2. The van der Waals surface area contributed by atoms with Crippen molar-refractivity contribution in [3.63, 3.8) is 0 Å². The number of fused-ring (bicyclic) bond motifs is 1. The minimum absolute atomic E-state index is 0.295. The molecular formula is C17H19N3O5. The van der Waals surface area contributed by atoms with E-state index in [1.807, 2.05) is 0 Å². The summed E-state index contributed by atoms with van der Waals surface area (Å²) in [5.41, 5.74) is 5.44. The molecule has 132 valence electrons. The van der Waals surface area contributed by atoms with Gasteiger partial charge in [-0.05, 0) is 31.9 Å². The Morgan fingerprint density at radius 2 is 1.68 bits per heavy atom. The van der Waals surface area contributed by atoms with Gasteiger partial charge in [-0.3, -0.25) is 34.9 Å². The lowest BCUT2D eigenvalue weighted by molar-refractivity contribution is -0.137. The molecule has 2 N–H and O–H groups in total. The molecule has 1 fully saturated rings. The Morgan fingerprint density at radius 3 is 2.20 bits per heavy atom. The van der Waals surface area contributed by atoms with Gasteiger partial charge in [0.15, 0.2) is 0 Å². The summed E-state index contributed by atoms with van der Waals surface area (Å²) in [6.45, 7) is 1.56. The van der Waals surface area contributed by atoms with Gasteiger partial charge in [0, 0.05) is 19.1 Å². The van der Waals surface area contributed by atoms with E-state index in [9.17, 15) is 19.2 Å². The molecule has 8 heteroatoms. The summed E-state index contributed by atoms with van der Waals surface area (Å²) in [6, 6.07) is 6.40. The van der Waals surface area contributed by atoms with Gasteiger partial charge in [0.1, 0.15) is 6.10 Å². The number of rotatable bonds is 4. The number of amides is 4. The molecule has 1 atom stereocenters. The third-order valence-electron chi connectivity index (χ3n) is 4.71. The van der Waals surface area contributed by atoms with Crippen LogP contribution in [-0.4, -0.2) is 47.8 Å². The van der Waals surface area contributed by atoms with Crippen molar-refractivity contribution in [1.29, 1.82) is 0 Å². The van der Waals surface area contributed by atoms with Gasteiger partial charge in [0.05, 0.1) is 11.1 Å². The number of imide groups is 1. The zero-order chi connectivity index (χ0) is 18.1. The van der Waals surface area contributed by atoms with Crippen LogP contribution in [-0.2, 0) is 14.3 Å². The summed E-state index contributed by atoms with van der Waals surface area (Å²) in [7, 11) is 1.39. The van der Waals surface area contributed by atoms with E-state index in [4.69, 9.17) is 4.74 Å². The zero-order valence-corrected chi connectivity index (χ0v) is 13.9. The molecule has 0 unspecified atom stereocenters. The average molecular weight is 345 g/mol. The van der Waals surface area contributed by atoms with Crippen LogP contribution in [0.2, 0.25) is 0 Å². The minimum Gasteiger partial charge on any atom is -0.372 e. The van der Waals surface area contributed by atoms with Gasteiger partial charge in [-0.2, -0.15) is 0 Å². The molecule has 1 heterocycles. The van der Waals surface area contributed by atoms with Crippen molar-refractivity contribution >= 4 is 23.6 Å². The van der Waals surface area contributed by atoms with Crippen molar-refractivity contribution in [2.24, 2.45) is 5.92 Å². The van der Waals surface area contributed by atoms with Gasteiger partial charge in [-0.15, -0.1) is 0 Å². The molecule has 0 radical (unpaired) electrons. The molecule has 1 saturated carbocycles. The fourth-order valence-corrected chi connectivity index (χ4v) is 2.99. The summed E-state index contributed by atoms with van der Waals surface area (Å²) in [5.74, 6) is -1.78. The Labute approximate surface area is 144 Å². The first kappa shape index (κ1) is 17.1. The average Bonchev–Trinajstić information content (AvgIpc) is 2.83. The fourth-order valence-electron chi connectivity index (χ4n) is 2.99. The van der Waals surface area contributed by atoms with E-state index in [0.717, 1.165) is 0 Å². The van der Waals surface area contributed by atoms with Crippen LogP contribution in [0.3, 0.4) is 0 Å². The molecule has 3 rings (SSSR count). The minimum atomic E-state index is -0.673. The quantitative estimate of drug-likeness (QED) is 0.601. The number of benzene rings is 1. The van der Waals surface area contributed by atoms with E-state index in [1.165, 1.54) is 12.0 Å². The summed E-state index contributed by atoms with van der Waals surface area (Å²) in [6.07, 6.45) is 0.0906. The predicted molar refractivity (Wildman–Crippen MR) is 86.2 cm³/mol. The highest BCUT2D eigenvalue weighted by Crippen LogP contribution is 2.36. The van der Waals surface area contributed by atoms with Crippen LogP contribution in [0.4, 0.5) is 0 Å². The van der Waals surface area contributed by atoms with Gasteiger partial charge in [0.2, 0.25) is 5.91 Å². The number of ether oxygens (including phenoxy) is 1. The maximum absolute atomic E-state index is 12.4. The highest BCUT2D eigenvalue weighted by atomic mass is 16.5. The Morgan fingerprint density at radius 1 is 1.12 bits per heavy atom. The van der Waals surface area contributed by atoms with Crippen LogP contribution in [0.1, 0.15) is 40.5 Å². The Hall–Kier alpha value is -2.74. The number of carbonyl (C=O) groups excluding carboxylic acids is 4. The van der Waals surface area contributed by atoms with Crippen LogP contribution in [0.5, 0.6) is 0 Å². The molecule has 0 bridgehead atoms. The van der Waals surface area contributed by atoms with E-state index in [0.29, 0.717) is 24.0 Å². The third-order valence-corrected chi connectivity index (χ3v) is 4.71. The molecule has 8 nitrogen and oxygen atoms in total. The molecule has 1 aliphatic carbocycles. The fraction of sp³-hybridized carbons (Fsp3) is 0.412. The van der Waals surface area contributed by atoms with Crippen molar-refractivity contribution in [2.75, 3.05) is 7.11 Å². The highest BCUT2D eigenvalue weighted by molar-refractivity contribution is 6.21. The van der Waals surface area contributed by atoms with Crippen molar-refractivity contribution in [3.05, 3.63) is 35.4 Å². The second-order valence-corrected chi connectivity index (χ2v) is 6.20. The van der Waals surface area contributed by atoms with Crippen LogP contribution < -0.4 is 10.9 Å². The summed E-state index contributed by atoms with van der Waals surface area (Å²) in [5, 5.41) is 0. The molecular weight excluding hydrogens is 326 g/mol. The first-order valence-electron chi connectivity index (χ1n) is 8.03. The van der Waals surface area contributed by atoms with E-state index in [-0.39, 0.29) is 29.7 Å². The number of methoxy groups -OCH3 is 1. The summed E-state index contributed by atoms with van der Waals surface area (Å²) >= 11 is 0. The van der Waals surface area contributed by atoms with Crippen molar-refractivity contribution in [1.82, 2.24) is 15.8 Å². The van der Waals surface area contributed by atoms with Gasteiger partial charge < -0.3 is 4.74 Å². The Bertz CT molecular complexity index is 707. The lowest BCUT2D eigenvalue weighted by atomic mass is 9.79. The molecule has 1 aromatic carbocycles. The van der Waals surface area contributed by atoms with E-state index >= 15 is 0 Å². The van der Waals surface area contributed by atoms with Gasteiger partial charge in [0.25, 0.3) is 17.7 Å². The topological polar surface area (TPSA) is 105 Å². The monoisotopic (exact) mass is 345 g/mol. The highest BCUT2D eigenvalue weighted by Gasteiger charge is 2.46. The standard InChI is InChI=1S/C17H19N3O5/c1-9(25-2)14(21)18-19-15(22)10-7-11(8-10)20-16(23)12-5-3-4-6-13(12)17(20)24/h3-6,9-11H,7-8H2,1-2H3,(H,18,21)(H,19,22)/t9-,10?,11?/m1/s1. The second kappa shape index (κ2) is 6.64. The molecule has 0 saturated heterocycles. The van der Waals surface area contributed by atoms with Crippen LogP contribution in [0.25, 0.3) is 0 Å². The third kappa shape index (κ3) is 3.00. The SMILES string of the molecule is CO[C@H](C)C(=O)NNC(=O)C1CC(N2C(=O)c3ccccc3C2=O)C1. The molecule has 25 heavy (non-hydrogen) atoms. The van der Waals surface area contributed by atoms with Crippen LogP contribution in [0.15, 0.2) is 24.3 Å². The molecule has 1 aromatic rings. The van der Waals surface area contributed by atoms with Crippen molar-refractivity contribution < 1.29 is 23.9 Å². The number of carbonyl (C=O) groups is 4. The first-order chi connectivity index (χ1) is 11.9. The number of nitrogens with zero attached hydrogens (tertiary/aromatic N) is 1. The Balaban J connectivity index is 1.53. The molecule has 1 aliphatic heterocycles. The molecule has 2 aliphatic rings. The number of hydrazine groups is 1. The molecule has 0 spiro atoms. The van der Waals surface area contributed by atoms with Crippen molar-refractivity contribution in [3.8, 4) is 0 Å².